The van der Waals surface area contributed by atoms with Gasteiger partial charge in [0.25, 0.3) is 0 Å². The van der Waals surface area contributed by atoms with E-state index in [4.69, 9.17) is 16.3 Å². The Morgan fingerprint density at radius 1 is 1.11 bits per heavy atom. The van der Waals surface area contributed by atoms with Gasteiger partial charge in [-0.25, -0.2) is 9.78 Å². The number of methoxy groups -OCH3 is 1. The van der Waals surface area contributed by atoms with Crippen LogP contribution in [0.2, 0.25) is 5.02 Å². The number of carbonyl (C=O) groups is 1. The molecule has 7 heteroatoms. The molecule has 0 bridgehead atoms. The highest BCUT2D eigenvalue weighted by atomic mass is 35.5. The quantitative estimate of drug-likeness (QED) is 0.538. The Morgan fingerprint density at radius 3 is 2.61 bits per heavy atom. The van der Waals surface area contributed by atoms with Crippen LogP contribution >= 0.6 is 11.6 Å². The maximum absolute atomic E-state index is 11.8. The van der Waals surface area contributed by atoms with Gasteiger partial charge in [0.2, 0.25) is 5.95 Å². The smallest absolute Gasteiger partial charge is 0.337 e. The van der Waals surface area contributed by atoms with Crippen molar-refractivity contribution >= 4 is 35.0 Å². The summed E-state index contributed by atoms with van der Waals surface area (Å²) in [5.74, 6) is 0.645. The van der Waals surface area contributed by atoms with Crippen LogP contribution in [0.5, 0.6) is 0 Å². The Hall–Kier alpha value is -3.12. The van der Waals surface area contributed by atoms with Crippen LogP contribution in [-0.4, -0.2) is 29.6 Å². The third-order valence-corrected chi connectivity index (χ3v) is 4.32. The summed E-state index contributed by atoms with van der Waals surface area (Å²) in [4.78, 5) is 20.9. The number of benzene rings is 2. The number of halogens is 1. The van der Waals surface area contributed by atoms with Crippen molar-refractivity contribution in [3.8, 4) is 11.3 Å². The Labute approximate surface area is 168 Å². The van der Waals surface area contributed by atoms with Crippen LogP contribution in [0.4, 0.5) is 17.5 Å². The van der Waals surface area contributed by atoms with Crippen LogP contribution in [0, 0.1) is 0 Å². The number of anilines is 3. The molecular weight excluding hydrogens is 376 g/mol. The molecule has 144 valence electrons. The van der Waals surface area contributed by atoms with E-state index in [0.717, 1.165) is 24.2 Å². The summed E-state index contributed by atoms with van der Waals surface area (Å²) in [5, 5.41) is 6.85. The molecule has 0 saturated carbocycles. The van der Waals surface area contributed by atoms with E-state index in [2.05, 4.69) is 27.5 Å². The van der Waals surface area contributed by atoms with E-state index in [9.17, 15) is 4.79 Å². The normalized spacial score (nSPS) is 10.4. The summed E-state index contributed by atoms with van der Waals surface area (Å²) >= 11 is 6.29. The minimum Gasteiger partial charge on any atom is -0.465 e. The highest BCUT2D eigenvalue weighted by Crippen LogP contribution is 2.28. The molecule has 0 fully saturated rings. The lowest BCUT2D eigenvalue weighted by Crippen LogP contribution is -2.07. The van der Waals surface area contributed by atoms with Crippen molar-refractivity contribution in [3.05, 3.63) is 65.2 Å². The second-order valence-corrected chi connectivity index (χ2v) is 6.47. The van der Waals surface area contributed by atoms with Gasteiger partial charge < -0.3 is 15.4 Å². The van der Waals surface area contributed by atoms with E-state index in [-0.39, 0.29) is 0 Å². The van der Waals surface area contributed by atoms with Crippen molar-refractivity contribution in [2.75, 3.05) is 24.3 Å². The van der Waals surface area contributed by atoms with Gasteiger partial charge in [-0.3, -0.25) is 0 Å². The molecule has 0 atom stereocenters. The third kappa shape index (κ3) is 4.78. The average molecular weight is 397 g/mol. The number of nitrogens with zero attached hydrogens (tertiary/aromatic N) is 2. The van der Waals surface area contributed by atoms with Crippen molar-refractivity contribution in [2.45, 2.75) is 13.3 Å². The molecule has 1 heterocycles. The predicted octanol–water partition coefficient (Wildman–Crippen LogP) is 5.15. The van der Waals surface area contributed by atoms with Crippen LogP contribution in [0.1, 0.15) is 23.7 Å². The van der Waals surface area contributed by atoms with Gasteiger partial charge in [-0.1, -0.05) is 48.9 Å². The molecule has 6 nitrogen and oxygen atoms in total. The Balaban J connectivity index is 1.98. The lowest BCUT2D eigenvalue weighted by Gasteiger charge is -2.12. The molecule has 3 aromatic rings. The molecule has 2 N–H and O–H groups in total. The SMILES string of the molecule is CCCNc1cc(-c2ccccc2)nc(Nc2cc(C(=O)OC)ccc2Cl)n1. The zero-order valence-electron chi connectivity index (χ0n) is 15.7. The highest BCUT2D eigenvalue weighted by molar-refractivity contribution is 6.33. The molecule has 0 spiro atoms. The van der Waals surface area contributed by atoms with E-state index < -0.39 is 5.97 Å². The topological polar surface area (TPSA) is 76.1 Å². The summed E-state index contributed by atoms with van der Waals surface area (Å²) in [6, 6.07) is 16.6. The molecule has 0 aliphatic carbocycles. The first-order chi connectivity index (χ1) is 13.6. The van der Waals surface area contributed by atoms with Crippen LogP contribution in [0.15, 0.2) is 54.6 Å². The highest BCUT2D eigenvalue weighted by Gasteiger charge is 2.12. The zero-order valence-corrected chi connectivity index (χ0v) is 16.5. The molecule has 0 amide bonds. The zero-order chi connectivity index (χ0) is 19.9. The molecule has 28 heavy (non-hydrogen) atoms. The fourth-order valence-corrected chi connectivity index (χ4v) is 2.75. The van der Waals surface area contributed by atoms with E-state index in [1.54, 1.807) is 18.2 Å². The Kier molecular flexibility index (Phi) is 6.45. The van der Waals surface area contributed by atoms with E-state index in [1.165, 1.54) is 7.11 Å². The first-order valence-electron chi connectivity index (χ1n) is 8.94. The van der Waals surface area contributed by atoms with Gasteiger partial charge in [-0.05, 0) is 24.6 Å². The number of rotatable bonds is 7. The third-order valence-electron chi connectivity index (χ3n) is 3.99. The van der Waals surface area contributed by atoms with Crippen LogP contribution in [-0.2, 0) is 4.74 Å². The number of hydrogen-bond donors (Lipinski definition) is 2. The maximum atomic E-state index is 11.8. The van der Waals surface area contributed by atoms with Crippen LogP contribution in [0.25, 0.3) is 11.3 Å². The second kappa shape index (κ2) is 9.19. The fraction of sp³-hybridized carbons (Fsp3) is 0.190. The van der Waals surface area contributed by atoms with Gasteiger partial charge in [0.05, 0.1) is 29.1 Å². The molecule has 0 aliphatic rings. The van der Waals surface area contributed by atoms with Crippen molar-refractivity contribution < 1.29 is 9.53 Å². The van der Waals surface area contributed by atoms with Gasteiger partial charge in [0.1, 0.15) is 5.82 Å². The molecule has 0 radical (unpaired) electrons. The molecule has 2 aromatic carbocycles. The maximum Gasteiger partial charge on any atom is 0.337 e. The lowest BCUT2D eigenvalue weighted by molar-refractivity contribution is 0.0601. The molecule has 0 unspecified atom stereocenters. The van der Waals surface area contributed by atoms with Gasteiger partial charge >= 0.3 is 5.97 Å². The first-order valence-corrected chi connectivity index (χ1v) is 9.31. The van der Waals surface area contributed by atoms with E-state index in [1.807, 2.05) is 36.4 Å². The Morgan fingerprint density at radius 2 is 1.89 bits per heavy atom. The monoisotopic (exact) mass is 396 g/mol. The summed E-state index contributed by atoms with van der Waals surface area (Å²) in [6.07, 6.45) is 0.973. The van der Waals surface area contributed by atoms with Crippen molar-refractivity contribution in [2.24, 2.45) is 0 Å². The number of aromatic nitrogens is 2. The molecule has 1 aromatic heterocycles. The Bertz CT molecular complexity index is 964. The predicted molar refractivity (Wildman–Crippen MR) is 112 cm³/mol. The average Bonchev–Trinajstić information content (AvgIpc) is 2.73. The largest absolute Gasteiger partial charge is 0.465 e. The second-order valence-electron chi connectivity index (χ2n) is 6.07. The minimum absolute atomic E-state index is 0.379. The van der Waals surface area contributed by atoms with E-state index in [0.29, 0.717) is 28.0 Å². The molecule has 0 aliphatic heterocycles. The van der Waals surface area contributed by atoms with Gasteiger partial charge in [-0.2, -0.15) is 4.98 Å². The summed E-state index contributed by atoms with van der Waals surface area (Å²) in [6.45, 7) is 2.88. The molecule has 0 saturated heterocycles. The van der Waals surface area contributed by atoms with E-state index >= 15 is 0 Å². The summed E-state index contributed by atoms with van der Waals surface area (Å²) in [5.41, 5.74) is 2.66. The van der Waals surface area contributed by atoms with Crippen molar-refractivity contribution in [1.29, 1.82) is 0 Å². The summed E-state index contributed by atoms with van der Waals surface area (Å²) in [7, 11) is 1.34. The first kappa shape index (κ1) is 19.6. The molecule has 3 rings (SSSR count). The van der Waals surface area contributed by atoms with Crippen LogP contribution < -0.4 is 10.6 Å². The van der Waals surface area contributed by atoms with Gasteiger partial charge in [0.15, 0.2) is 0 Å². The minimum atomic E-state index is -0.441. The van der Waals surface area contributed by atoms with Gasteiger partial charge in [-0.15, -0.1) is 0 Å². The van der Waals surface area contributed by atoms with Crippen molar-refractivity contribution in [3.63, 3.8) is 0 Å². The van der Waals surface area contributed by atoms with Crippen LogP contribution in [0.3, 0.4) is 0 Å². The number of hydrogen-bond acceptors (Lipinski definition) is 6. The lowest BCUT2D eigenvalue weighted by atomic mass is 10.1. The summed E-state index contributed by atoms with van der Waals surface area (Å²) < 4.78 is 4.77. The van der Waals surface area contributed by atoms with Gasteiger partial charge in [0, 0.05) is 18.2 Å². The van der Waals surface area contributed by atoms with Crippen molar-refractivity contribution in [1.82, 2.24) is 9.97 Å². The fourth-order valence-electron chi connectivity index (χ4n) is 2.59. The number of ether oxygens (including phenoxy) is 1. The standard InChI is InChI=1S/C21H21ClN4O2/c1-3-11-23-19-13-17(14-7-5-4-6-8-14)24-21(26-19)25-18-12-15(20(27)28-2)9-10-16(18)22/h4-10,12-13H,3,11H2,1-2H3,(H2,23,24,25,26). The number of carbonyl (C=O) groups excluding carboxylic acids is 1. The number of esters is 1. The number of nitrogens with one attached hydrogen (secondary N) is 2. The molecular formula is C21H21ClN4O2.